The average Bonchev–Trinajstić information content (AvgIpc) is 2.28. The lowest BCUT2D eigenvalue weighted by molar-refractivity contribution is -0.141. The Morgan fingerprint density at radius 3 is 2.39 bits per heavy atom. The lowest BCUT2D eigenvalue weighted by atomic mass is 9.92. The molecule has 0 aliphatic rings. The predicted octanol–water partition coefficient (Wildman–Crippen LogP) is 2.51. The maximum atomic E-state index is 10.8. The molecule has 0 aliphatic heterocycles. The molecule has 0 saturated heterocycles. The number of carboxylic acid groups (broad SMARTS) is 1. The SMILES string of the molecule is CC(=O)OCC[C@H](CC(=O)O)c1ccc(C)cc1. The van der Waals surface area contributed by atoms with Crippen LogP contribution in [-0.2, 0) is 14.3 Å². The van der Waals surface area contributed by atoms with Crippen molar-refractivity contribution >= 4 is 11.9 Å². The highest BCUT2D eigenvalue weighted by Gasteiger charge is 2.15. The normalized spacial score (nSPS) is 11.9. The van der Waals surface area contributed by atoms with E-state index in [0.717, 1.165) is 11.1 Å². The summed E-state index contributed by atoms with van der Waals surface area (Å²) in [5.74, 6) is -1.31. The molecule has 0 spiro atoms. The molecule has 0 heterocycles. The molecule has 1 N–H and O–H groups in total. The van der Waals surface area contributed by atoms with Crippen molar-refractivity contribution in [3.05, 3.63) is 35.4 Å². The minimum Gasteiger partial charge on any atom is -0.481 e. The van der Waals surface area contributed by atoms with Crippen LogP contribution < -0.4 is 0 Å². The smallest absolute Gasteiger partial charge is 0.303 e. The van der Waals surface area contributed by atoms with Gasteiger partial charge >= 0.3 is 11.9 Å². The number of benzene rings is 1. The Labute approximate surface area is 107 Å². The van der Waals surface area contributed by atoms with Gasteiger partial charge in [0, 0.05) is 6.92 Å². The zero-order chi connectivity index (χ0) is 13.5. The summed E-state index contributed by atoms with van der Waals surface area (Å²) in [6, 6.07) is 7.76. The Bertz CT molecular complexity index is 408. The summed E-state index contributed by atoms with van der Waals surface area (Å²) in [6.07, 6.45) is 0.569. The Morgan fingerprint density at radius 1 is 1.28 bits per heavy atom. The van der Waals surface area contributed by atoms with Gasteiger partial charge in [-0.15, -0.1) is 0 Å². The molecule has 1 aromatic rings. The van der Waals surface area contributed by atoms with Crippen molar-refractivity contribution in [3.63, 3.8) is 0 Å². The highest BCUT2D eigenvalue weighted by molar-refractivity contribution is 5.68. The third-order valence-corrected chi connectivity index (χ3v) is 2.74. The minimum atomic E-state index is -0.844. The third-order valence-electron chi connectivity index (χ3n) is 2.74. The van der Waals surface area contributed by atoms with Gasteiger partial charge in [0.1, 0.15) is 0 Å². The van der Waals surface area contributed by atoms with E-state index in [1.54, 1.807) is 0 Å². The number of esters is 1. The summed E-state index contributed by atoms with van der Waals surface area (Å²) in [4.78, 5) is 21.5. The number of aliphatic carboxylic acids is 1. The second kappa shape index (κ2) is 6.79. The molecule has 0 unspecified atom stereocenters. The summed E-state index contributed by atoms with van der Waals surface area (Å²) in [5, 5.41) is 8.90. The fourth-order valence-corrected chi connectivity index (χ4v) is 1.78. The number of carboxylic acids is 1. The van der Waals surface area contributed by atoms with Crippen LogP contribution >= 0.6 is 0 Å². The van der Waals surface area contributed by atoms with Gasteiger partial charge in [-0.3, -0.25) is 9.59 Å². The van der Waals surface area contributed by atoms with Crippen LogP contribution in [0.5, 0.6) is 0 Å². The van der Waals surface area contributed by atoms with Crippen LogP contribution in [-0.4, -0.2) is 23.7 Å². The van der Waals surface area contributed by atoms with Crippen LogP contribution in [0.15, 0.2) is 24.3 Å². The van der Waals surface area contributed by atoms with E-state index in [2.05, 4.69) is 0 Å². The topological polar surface area (TPSA) is 63.6 Å². The van der Waals surface area contributed by atoms with Crippen molar-refractivity contribution in [2.75, 3.05) is 6.61 Å². The van der Waals surface area contributed by atoms with E-state index in [9.17, 15) is 9.59 Å². The number of hydrogen-bond acceptors (Lipinski definition) is 3. The first-order valence-corrected chi connectivity index (χ1v) is 5.90. The number of aryl methyl sites for hydroxylation is 1. The van der Waals surface area contributed by atoms with Crippen LogP contribution in [0.1, 0.15) is 36.8 Å². The number of rotatable bonds is 6. The molecule has 0 aliphatic carbocycles. The Balaban J connectivity index is 2.68. The maximum absolute atomic E-state index is 10.8. The molecule has 0 saturated carbocycles. The standard InChI is InChI=1S/C14H18O4/c1-10-3-5-12(6-4-10)13(9-14(16)17)7-8-18-11(2)15/h3-6,13H,7-9H2,1-2H3,(H,16,17)/t13-/m1/s1. The molecule has 18 heavy (non-hydrogen) atoms. The molecule has 0 radical (unpaired) electrons. The van der Waals surface area contributed by atoms with Gasteiger partial charge in [0.05, 0.1) is 13.0 Å². The predicted molar refractivity (Wildman–Crippen MR) is 67.4 cm³/mol. The summed E-state index contributed by atoms with van der Waals surface area (Å²) in [7, 11) is 0. The van der Waals surface area contributed by atoms with E-state index in [0.29, 0.717) is 6.42 Å². The number of carbonyl (C=O) groups excluding carboxylic acids is 1. The van der Waals surface area contributed by atoms with Crippen LogP contribution in [0.25, 0.3) is 0 Å². The lowest BCUT2D eigenvalue weighted by Gasteiger charge is -2.15. The number of carbonyl (C=O) groups is 2. The van der Waals surface area contributed by atoms with E-state index < -0.39 is 5.97 Å². The molecule has 1 rings (SSSR count). The van der Waals surface area contributed by atoms with Crippen LogP contribution in [0.4, 0.5) is 0 Å². The molecular weight excluding hydrogens is 232 g/mol. The molecule has 1 atom stereocenters. The van der Waals surface area contributed by atoms with Crippen molar-refractivity contribution in [2.45, 2.75) is 32.6 Å². The van der Waals surface area contributed by atoms with Crippen molar-refractivity contribution in [2.24, 2.45) is 0 Å². The van der Waals surface area contributed by atoms with E-state index in [1.165, 1.54) is 6.92 Å². The molecule has 0 amide bonds. The Morgan fingerprint density at radius 2 is 1.89 bits per heavy atom. The van der Waals surface area contributed by atoms with Gasteiger partial charge in [0.15, 0.2) is 0 Å². The summed E-state index contributed by atoms with van der Waals surface area (Å²) in [6.45, 7) is 3.58. The average molecular weight is 250 g/mol. The van der Waals surface area contributed by atoms with Crippen LogP contribution in [0.2, 0.25) is 0 Å². The molecule has 1 aromatic carbocycles. The van der Waals surface area contributed by atoms with Gasteiger partial charge in [-0.2, -0.15) is 0 Å². The summed E-state index contributed by atoms with van der Waals surface area (Å²) in [5.41, 5.74) is 2.10. The van der Waals surface area contributed by atoms with Crippen molar-refractivity contribution in [3.8, 4) is 0 Å². The quantitative estimate of drug-likeness (QED) is 0.788. The van der Waals surface area contributed by atoms with E-state index in [4.69, 9.17) is 9.84 Å². The van der Waals surface area contributed by atoms with Crippen LogP contribution in [0.3, 0.4) is 0 Å². The molecule has 4 nitrogen and oxygen atoms in total. The fraction of sp³-hybridized carbons (Fsp3) is 0.429. The van der Waals surface area contributed by atoms with Crippen LogP contribution in [0, 0.1) is 6.92 Å². The molecule has 0 aromatic heterocycles. The van der Waals surface area contributed by atoms with Gasteiger partial charge in [0.25, 0.3) is 0 Å². The van der Waals surface area contributed by atoms with E-state index >= 15 is 0 Å². The second-order valence-electron chi connectivity index (χ2n) is 4.33. The van der Waals surface area contributed by atoms with Gasteiger partial charge < -0.3 is 9.84 Å². The second-order valence-corrected chi connectivity index (χ2v) is 4.33. The van der Waals surface area contributed by atoms with Crippen molar-refractivity contribution in [1.82, 2.24) is 0 Å². The van der Waals surface area contributed by atoms with Crippen molar-refractivity contribution in [1.29, 1.82) is 0 Å². The van der Waals surface area contributed by atoms with Gasteiger partial charge in [-0.05, 0) is 24.8 Å². The first-order chi connectivity index (χ1) is 8.49. The molecule has 0 fully saturated rings. The van der Waals surface area contributed by atoms with Gasteiger partial charge in [-0.1, -0.05) is 29.8 Å². The number of ether oxygens (including phenoxy) is 1. The lowest BCUT2D eigenvalue weighted by Crippen LogP contribution is -2.11. The minimum absolute atomic E-state index is 0.0460. The van der Waals surface area contributed by atoms with E-state index in [-0.39, 0.29) is 24.9 Å². The zero-order valence-electron chi connectivity index (χ0n) is 10.7. The molecular formula is C14H18O4. The highest BCUT2D eigenvalue weighted by Crippen LogP contribution is 2.24. The van der Waals surface area contributed by atoms with Gasteiger partial charge in [0.2, 0.25) is 0 Å². The third kappa shape index (κ3) is 4.99. The Kier molecular flexibility index (Phi) is 5.36. The van der Waals surface area contributed by atoms with Gasteiger partial charge in [-0.25, -0.2) is 0 Å². The number of hydrogen-bond donors (Lipinski definition) is 1. The summed E-state index contributed by atoms with van der Waals surface area (Å²) >= 11 is 0. The highest BCUT2D eigenvalue weighted by atomic mass is 16.5. The molecule has 4 heteroatoms. The zero-order valence-corrected chi connectivity index (χ0v) is 10.7. The Hall–Kier alpha value is -1.84. The van der Waals surface area contributed by atoms with E-state index in [1.807, 2.05) is 31.2 Å². The largest absolute Gasteiger partial charge is 0.481 e. The monoisotopic (exact) mass is 250 g/mol. The fourth-order valence-electron chi connectivity index (χ4n) is 1.78. The van der Waals surface area contributed by atoms with Crippen molar-refractivity contribution < 1.29 is 19.4 Å². The molecule has 98 valence electrons. The summed E-state index contributed by atoms with van der Waals surface area (Å²) < 4.78 is 4.87. The maximum Gasteiger partial charge on any atom is 0.303 e. The molecule has 0 bridgehead atoms. The first-order valence-electron chi connectivity index (χ1n) is 5.90. The first kappa shape index (κ1) is 14.2.